The molecule has 2 rings (SSSR count). The summed E-state index contributed by atoms with van der Waals surface area (Å²) in [7, 11) is -3.27. The van der Waals surface area contributed by atoms with Gasteiger partial charge in [-0.25, -0.2) is 0 Å². The second-order valence-electron chi connectivity index (χ2n) is 5.78. The van der Waals surface area contributed by atoms with Gasteiger partial charge in [0.2, 0.25) is 0 Å². The summed E-state index contributed by atoms with van der Waals surface area (Å²) in [6.07, 6.45) is 3.71. The predicted octanol–water partition coefficient (Wildman–Crippen LogP) is 1.11. The van der Waals surface area contributed by atoms with Crippen molar-refractivity contribution in [3.05, 3.63) is 0 Å². The standard InChI is InChI=1S/C12H25N3O2S.ClH/c1-10-4-7-15(8-5-10)18(16,17)14-12-3-6-13-11(2)9-12;/h10-14H,3-9H2,1-2H3;1H. The molecule has 2 atom stereocenters. The van der Waals surface area contributed by atoms with Gasteiger partial charge in [0.25, 0.3) is 10.2 Å². The molecule has 2 unspecified atom stereocenters. The molecule has 2 fully saturated rings. The lowest BCUT2D eigenvalue weighted by molar-refractivity contribution is 0.278. The van der Waals surface area contributed by atoms with Crippen LogP contribution in [0, 0.1) is 5.92 Å². The zero-order valence-electron chi connectivity index (χ0n) is 11.8. The minimum absolute atomic E-state index is 0. The summed E-state index contributed by atoms with van der Waals surface area (Å²) >= 11 is 0. The molecule has 2 N–H and O–H groups in total. The van der Waals surface area contributed by atoms with Gasteiger partial charge in [0.05, 0.1) is 0 Å². The van der Waals surface area contributed by atoms with Crippen LogP contribution in [0.5, 0.6) is 0 Å². The van der Waals surface area contributed by atoms with Gasteiger partial charge in [0, 0.05) is 25.2 Å². The summed E-state index contributed by atoms with van der Waals surface area (Å²) < 4.78 is 29.0. The Kier molecular flexibility index (Phi) is 6.53. The second kappa shape index (κ2) is 7.22. The van der Waals surface area contributed by atoms with Crippen LogP contribution in [0.4, 0.5) is 0 Å². The molecule has 2 aliphatic rings. The van der Waals surface area contributed by atoms with E-state index in [4.69, 9.17) is 0 Å². The zero-order valence-corrected chi connectivity index (χ0v) is 13.4. The fourth-order valence-electron chi connectivity index (χ4n) is 2.75. The summed E-state index contributed by atoms with van der Waals surface area (Å²) in [5.41, 5.74) is 0. The maximum atomic E-state index is 12.3. The highest BCUT2D eigenvalue weighted by Crippen LogP contribution is 2.19. The van der Waals surface area contributed by atoms with Crippen LogP contribution in [0.2, 0.25) is 0 Å². The lowest BCUT2D eigenvalue weighted by Crippen LogP contribution is -2.52. The van der Waals surface area contributed by atoms with Crippen LogP contribution in [-0.2, 0) is 10.2 Å². The average molecular weight is 312 g/mol. The van der Waals surface area contributed by atoms with E-state index in [1.54, 1.807) is 4.31 Å². The molecule has 19 heavy (non-hydrogen) atoms. The van der Waals surface area contributed by atoms with Crippen molar-refractivity contribution in [3.63, 3.8) is 0 Å². The summed E-state index contributed by atoms with van der Waals surface area (Å²) in [5, 5.41) is 3.33. The maximum Gasteiger partial charge on any atom is 0.279 e. The molecule has 0 spiro atoms. The van der Waals surface area contributed by atoms with Crippen LogP contribution in [0.15, 0.2) is 0 Å². The second-order valence-corrected chi connectivity index (χ2v) is 7.48. The molecule has 0 aromatic heterocycles. The SMILES string of the molecule is CC1CCN(S(=O)(=O)NC2CCNC(C)C2)CC1.Cl. The molecule has 114 valence electrons. The minimum atomic E-state index is -3.27. The first-order valence-electron chi connectivity index (χ1n) is 6.98. The monoisotopic (exact) mass is 311 g/mol. The quantitative estimate of drug-likeness (QED) is 0.821. The third-order valence-electron chi connectivity index (χ3n) is 4.02. The molecule has 7 heteroatoms. The number of halogens is 1. The van der Waals surface area contributed by atoms with Crippen LogP contribution in [0.25, 0.3) is 0 Å². The molecule has 0 saturated carbocycles. The molecular formula is C12H26ClN3O2S. The molecule has 2 aliphatic heterocycles. The van der Waals surface area contributed by atoms with Crippen molar-refractivity contribution in [2.75, 3.05) is 19.6 Å². The van der Waals surface area contributed by atoms with Gasteiger partial charge in [-0.2, -0.15) is 17.4 Å². The van der Waals surface area contributed by atoms with Gasteiger partial charge in [-0.3, -0.25) is 0 Å². The minimum Gasteiger partial charge on any atom is -0.314 e. The van der Waals surface area contributed by atoms with Gasteiger partial charge in [-0.05, 0) is 45.1 Å². The van der Waals surface area contributed by atoms with Gasteiger partial charge in [0.1, 0.15) is 0 Å². The first-order chi connectivity index (χ1) is 8.47. The van der Waals surface area contributed by atoms with E-state index < -0.39 is 10.2 Å². The normalized spacial score (nSPS) is 30.8. The Bertz CT molecular complexity index is 369. The fraction of sp³-hybridized carbons (Fsp3) is 1.00. The van der Waals surface area contributed by atoms with E-state index in [0.29, 0.717) is 25.0 Å². The highest BCUT2D eigenvalue weighted by molar-refractivity contribution is 7.87. The molecule has 0 bridgehead atoms. The van der Waals surface area contributed by atoms with E-state index in [1.807, 2.05) is 0 Å². The lowest BCUT2D eigenvalue weighted by Gasteiger charge is -2.33. The van der Waals surface area contributed by atoms with Gasteiger partial charge < -0.3 is 5.32 Å². The third kappa shape index (κ3) is 4.86. The zero-order chi connectivity index (χ0) is 13.2. The van der Waals surface area contributed by atoms with Gasteiger partial charge in [0.15, 0.2) is 0 Å². The van der Waals surface area contributed by atoms with Crippen LogP contribution in [-0.4, -0.2) is 44.4 Å². The van der Waals surface area contributed by atoms with E-state index in [-0.39, 0.29) is 18.4 Å². The Morgan fingerprint density at radius 2 is 1.79 bits per heavy atom. The van der Waals surface area contributed by atoms with Crippen LogP contribution >= 0.6 is 12.4 Å². The van der Waals surface area contributed by atoms with Crippen molar-refractivity contribution in [2.24, 2.45) is 5.92 Å². The van der Waals surface area contributed by atoms with Crippen molar-refractivity contribution in [2.45, 2.75) is 51.6 Å². The van der Waals surface area contributed by atoms with Crippen LogP contribution in [0.1, 0.15) is 39.5 Å². The summed E-state index contributed by atoms with van der Waals surface area (Å²) in [6, 6.07) is 0.485. The molecule has 2 saturated heterocycles. The molecule has 0 aromatic carbocycles. The summed E-state index contributed by atoms with van der Waals surface area (Å²) in [6.45, 7) is 6.51. The predicted molar refractivity (Wildman–Crippen MR) is 79.8 cm³/mol. The Labute approximate surface area is 123 Å². The highest BCUT2D eigenvalue weighted by Gasteiger charge is 2.29. The summed E-state index contributed by atoms with van der Waals surface area (Å²) in [4.78, 5) is 0. The molecule has 0 amide bonds. The first-order valence-corrected chi connectivity index (χ1v) is 8.42. The summed E-state index contributed by atoms with van der Waals surface area (Å²) in [5.74, 6) is 0.648. The smallest absolute Gasteiger partial charge is 0.279 e. The third-order valence-corrected chi connectivity index (χ3v) is 5.70. The van der Waals surface area contributed by atoms with Crippen molar-refractivity contribution >= 4 is 22.6 Å². The average Bonchev–Trinajstić information content (AvgIpc) is 2.29. The molecule has 2 heterocycles. The lowest BCUT2D eigenvalue weighted by atomic mass is 10.0. The Morgan fingerprint density at radius 3 is 2.37 bits per heavy atom. The van der Waals surface area contributed by atoms with E-state index in [1.165, 1.54) is 0 Å². The largest absolute Gasteiger partial charge is 0.314 e. The Morgan fingerprint density at radius 1 is 1.16 bits per heavy atom. The molecule has 0 aliphatic carbocycles. The number of nitrogens with zero attached hydrogens (tertiary/aromatic N) is 1. The van der Waals surface area contributed by atoms with Crippen molar-refractivity contribution in [1.82, 2.24) is 14.3 Å². The Balaban J connectivity index is 0.00000180. The highest BCUT2D eigenvalue weighted by atomic mass is 35.5. The van der Waals surface area contributed by atoms with Gasteiger partial charge >= 0.3 is 0 Å². The van der Waals surface area contributed by atoms with Crippen LogP contribution in [0.3, 0.4) is 0 Å². The number of piperidine rings is 2. The van der Waals surface area contributed by atoms with Crippen molar-refractivity contribution < 1.29 is 8.42 Å². The van der Waals surface area contributed by atoms with Crippen molar-refractivity contribution in [3.8, 4) is 0 Å². The van der Waals surface area contributed by atoms with Gasteiger partial charge in [-0.15, -0.1) is 12.4 Å². The maximum absolute atomic E-state index is 12.3. The first kappa shape index (κ1) is 17.2. The van der Waals surface area contributed by atoms with E-state index in [2.05, 4.69) is 23.9 Å². The fourth-order valence-corrected chi connectivity index (χ4v) is 4.23. The molecule has 0 aromatic rings. The number of hydrogen-bond acceptors (Lipinski definition) is 3. The van der Waals surface area contributed by atoms with E-state index in [9.17, 15) is 8.42 Å². The molecular weight excluding hydrogens is 286 g/mol. The number of nitrogens with one attached hydrogen (secondary N) is 2. The van der Waals surface area contributed by atoms with Crippen LogP contribution < -0.4 is 10.0 Å². The Hall–Kier alpha value is 0.120. The van der Waals surface area contributed by atoms with E-state index >= 15 is 0 Å². The topological polar surface area (TPSA) is 61.4 Å². The molecule has 0 radical (unpaired) electrons. The molecule has 5 nitrogen and oxygen atoms in total. The van der Waals surface area contributed by atoms with Crippen molar-refractivity contribution in [1.29, 1.82) is 0 Å². The van der Waals surface area contributed by atoms with Gasteiger partial charge in [-0.1, -0.05) is 6.92 Å². The van der Waals surface area contributed by atoms with E-state index in [0.717, 1.165) is 32.2 Å². The number of rotatable bonds is 3. The number of hydrogen-bond donors (Lipinski definition) is 2.